The normalized spacial score (nSPS) is 34.7. The molecule has 7 rings (SSSR count). The maximum atomic E-state index is 13.5. The van der Waals surface area contributed by atoms with Crippen molar-refractivity contribution >= 4 is 17.5 Å². The van der Waals surface area contributed by atoms with E-state index in [1.54, 1.807) is 0 Å². The topological polar surface area (TPSA) is 74.5 Å². The number of ketones is 1. The molecule has 1 aliphatic heterocycles. The summed E-state index contributed by atoms with van der Waals surface area (Å²) in [6, 6.07) is 7.54. The van der Waals surface area contributed by atoms with E-state index in [0.29, 0.717) is 29.3 Å². The van der Waals surface area contributed by atoms with Gasteiger partial charge in [0.2, 0.25) is 6.10 Å². The molecule has 6 nitrogen and oxygen atoms in total. The minimum atomic E-state index is -0.434. The number of carbonyl (C=O) groups is 1. The summed E-state index contributed by atoms with van der Waals surface area (Å²) in [5.41, 5.74) is -0.103. The first-order valence-electron chi connectivity index (χ1n) is 11.0. The Morgan fingerprint density at radius 2 is 1.73 bits per heavy atom. The summed E-state index contributed by atoms with van der Waals surface area (Å²) in [4.78, 5) is 13.5. The third-order valence-corrected chi connectivity index (χ3v) is 8.35. The van der Waals surface area contributed by atoms with Crippen LogP contribution in [-0.4, -0.2) is 27.8 Å². The van der Waals surface area contributed by atoms with Gasteiger partial charge in [-0.3, -0.25) is 4.79 Å². The average Bonchev–Trinajstić information content (AvgIpc) is 3.20. The quantitative estimate of drug-likeness (QED) is 0.633. The maximum absolute atomic E-state index is 13.5. The van der Waals surface area contributed by atoms with E-state index in [0.717, 1.165) is 42.8 Å². The lowest BCUT2D eigenvalue weighted by atomic mass is 9.48. The van der Waals surface area contributed by atoms with Crippen LogP contribution >= 0.6 is 11.8 Å². The minimum Gasteiger partial charge on any atom is -0.485 e. The monoisotopic (exact) mass is 426 g/mol. The molecule has 2 unspecified atom stereocenters. The SMILES string of the molecule is CC(Sc1nnc(C2COc3ccccc3O2)o1)C(=O)C12CC3CC(CC(C3)C1)C2. The molecule has 4 saturated carbocycles. The van der Waals surface area contributed by atoms with Crippen LogP contribution in [0.15, 0.2) is 33.9 Å². The lowest BCUT2D eigenvalue weighted by Crippen LogP contribution is -2.51. The first kappa shape index (κ1) is 18.7. The van der Waals surface area contributed by atoms with Crippen LogP contribution < -0.4 is 9.47 Å². The zero-order valence-electron chi connectivity index (χ0n) is 17.1. The first-order valence-corrected chi connectivity index (χ1v) is 11.9. The number of aromatic nitrogens is 2. The number of para-hydroxylation sites is 2. The molecular formula is C23H26N2O4S. The van der Waals surface area contributed by atoms with Gasteiger partial charge in [0.1, 0.15) is 6.61 Å². The van der Waals surface area contributed by atoms with Crippen LogP contribution in [0.1, 0.15) is 57.4 Å². The molecule has 7 heteroatoms. The van der Waals surface area contributed by atoms with Crippen molar-refractivity contribution in [1.29, 1.82) is 0 Å². The van der Waals surface area contributed by atoms with E-state index in [1.165, 1.54) is 31.0 Å². The molecule has 2 aromatic rings. The fraction of sp³-hybridized carbons (Fsp3) is 0.609. The summed E-state index contributed by atoms with van der Waals surface area (Å²) >= 11 is 1.38. The van der Waals surface area contributed by atoms with Gasteiger partial charge in [0, 0.05) is 5.41 Å². The summed E-state index contributed by atoms with van der Waals surface area (Å²) in [6.07, 6.45) is 6.85. The van der Waals surface area contributed by atoms with Crippen molar-refractivity contribution in [3.05, 3.63) is 30.2 Å². The Balaban J connectivity index is 1.14. The van der Waals surface area contributed by atoms with Crippen LogP contribution in [-0.2, 0) is 4.79 Å². The standard InChI is InChI=1S/C23H26N2O4S/c1-13(20(26)23-9-14-6-15(10-23)8-16(7-14)11-23)30-22-25-24-21(29-22)19-12-27-17-4-2-3-5-18(17)28-19/h2-5,13-16,19H,6-12H2,1H3. The summed E-state index contributed by atoms with van der Waals surface area (Å²) in [7, 11) is 0. The number of benzene rings is 1. The zero-order chi connectivity index (χ0) is 20.3. The molecule has 0 radical (unpaired) electrons. The van der Waals surface area contributed by atoms with Crippen LogP contribution in [0.3, 0.4) is 0 Å². The Morgan fingerprint density at radius 1 is 1.07 bits per heavy atom. The third-order valence-electron chi connectivity index (χ3n) is 7.41. The Labute approximate surface area is 180 Å². The van der Waals surface area contributed by atoms with Crippen molar-refractivity contribution in [2.24, 2.45) is 23.2 Å². The molecule has 2 atom stereocenters. The predicted molar refractivity (Wildman–Crippen MR) is 111 cm³/mol. The number of Topliss-reactive ketones (excluding diaryl/α,β-unsaturated/α-hetero) is 1. The number of carbonyl (C=O) groups excluding carboxylic acids is 1. The summed E-state index contributed by atoms with van der Waals surface area (Å²) < 4.78 is 17.6. The molecule has 4 fully saturated rings. The Hall–Kier alpha value is -2.02. The van der Waals surface area contributed by atoms with Crippen LogP contribution in [0.25, 0.3) is 0 Å². The van der Waals surface area contributed by atoms with Crippen molar-refractivity contribution in [2.45, 2.75) is 62.0 Å². The number of fused-ring (bicyclic) bond motifs is 1. The largest absolute Gasteiger partial charge is 0.485 e. The van der Waals surface area contributed by atoms with Gasteiger partial charge in [-0.25, -0.2) is 0 Å². The predicted octanol–water partition coefficient (Wildman–Crippen LogP) is 4.85. The number of ether oxygens (including phenoxy) is 2. The molecule has 158 valence electrons. The van der Waals surface area contributed by atoms with E-state index in [1.807, 2.05) is 31.2 Å². The molecule has 0 saturated heterocycles. The average molecular weight is 427 g/mol. The van der Waals surface area contributed by atoms with Crippen molar-refractivity contribution in [3.63, 3.8) is 0 Å². The van der Waals surface area contributed by atoms with Crippen molar-refractivity contribution in [2.75, 3.05) is 6.61 Å². The fourth-order valence-electron chi connectivity index (χ4n) is 6.59. The number of hydrogen-bond acceptors (Lipinski definition) is 7. The van der Waals surface area contributed by atoms with Gasteiger partial charge in [-0.1, -0.05) is 23.9 Å². The number of thioether (sulfide) groups is 1. The molecule has 0 spiro atoms. The molecule has 4 aliphatic carbocycles. The first-order chi connectivity index (χ1) is 14.6. The van der Waals surface area contributed by atoms with Crippen LogP contribution in [0.2, 0.25) is 0 Å². The van der Waals surface area contributed by atoms with E-state index in [9.17, 15) is 4.79 Å². The van der Waals surface area contributed by atoms with Crippen molar-refractivity contribution < 1.29 is 18.7 Å². The molecule has 0 N–H and O–H groups in total. The van der Waals surface area contributed by atoms with Crippen LogP contribution in [0.5, 0.6) is 11.5 Å². The molecule has 5 aliphatic rings. The second-order valence-electron chi connectivity index (χ2n) is 9.59. The maximum Gasteiger partial charge on any atom is 0.277 e. The Kier molecular flexibility index (Phi) is 4.37. The van der Waals surface area contributed by atoms with Gasteiger partial charge >= 0.3 is 0 Å². The molecule has 0 amide bonds. The number of nitrogens with zero attached hydrogens (tertiary/aromatic N) is 2. The van der Waals surface area contributed by atoms with Gasteiger partial charge in [0.05, 0.1) is 5.25 Å². The Bertz CT molecular complexity index is 938. The number of rotatable bonds is 5. The second kappa shape index (κ2) is 7.01. The van der Waals surface area contributed by atoms with E-state index >= 15 is 0 Å². The van der Waals surface area contributed by atoms with Gasteiger partial charge in [-0.2, -0.15) is 0 Å². The molecule has 1 aromatic carbocycles. The van der Waals surface area contributed by atoms with Gasteiger partial charge in [0.15, 0.2) is 17.3 Å². The molecule has 4 bridgehead atoms. The summed E-state index contributed by atoms with van der Waals surface area (Å²) in [5.74, 6) is 4.46. The van der Waals surface area contributed by atoms with Gasteiger partial charge < -0.3 is 13.9 Å². The smallest absolute Gasteiger partial charge is 0.277 e. The van der Waals surface area contributed by atoms with E-state index < -0.39 is 6.10 Å². The van der Waals surface area contributed by atoms with Gasteiger partial charge in [0.25, 0.3) is 11.1 Å². The summed E-state index contributed by atoms with van der Waals surface area (Å²) in [6.45, 7) is 2.32. The Morgan fingerprint density at radius 3 is 2.43 bits per heavy atom. The molecule has 2 heterocycles. The minimum absolute atomic E-state index is 0.103. The fourth-order valence-corrected chi connectivity index (χ4v) is 7.47. The number of hydrogen-bond donors (Lipinski definition) is 0. The molecular weight excluding hydrogens is 400 g/mol. The van der Waals surface area contributed by atoms with Crippen molar-refractivity contribution in [1.82, 2.24) is 10.2 Å². The van der Waals surface area contributed by atoms with Crippen LogP contribution in [0.4, 0.5) is 0 Å². The zero-order valence-corrected chi connectivity index (χ0v) is 17.9. The highest BCUT2D eigenvalue weighted by molar-refractivity contribution is 8.00. The summed E-state index contributed by atoms with van der Waals surface area (Å²) in [5, 5.41) is 8.59. The van der Waals surface area contributed by atoms with Gasteiger partial charge in [-0.05, 0) is 75.3 Å². The van der Waals surface area contributed by atoms with E-state index in [2.05, 4.69) is 10.2 Å². The highest BCUT2D eigenvalue weighted by atomic mass is 32.2. The highest BCUT2D eigenvalue weighted by Gasteiger charge is 2.55. The second-order valence-corrected chi connectivity index (χ2v) is 10.9. The lowest BCUT2D eigenvalue weighted by Gasteiger charge is -2.56. The lowest BCUT2D eigenvalue weighted by molar-refractivity contribution is -0.143. The highest BCUT2D eigenvalue weighted by Crippen LogP contribution is 2.61. The van der Waals surface area contributed by atoms with Gasteiger partial charge in [-0.15, -0.1) is 10.2 Å². The van der Waals surface area contributed by atoms with E-state index in [-0.39, 0.29) is 10.7 Å². The van der Waals surface area contributed by atoms with Crippen molar-refractivity contribution in [3.8, 4) is 11.5 Å². The van der Waals surface area contributed by atoms with E-state index in [4.69, 9.17) is 13.9 Å². The molecule has 1 aromatic heterocycles. The third kappa shape index (κ3) is 3.13. The molecule has 30 heavy (non-hydrogen) atoms. The van der Waals surface area contributed by atoms with Crippen LogP contribution in [0, 0.1) is 23.2 Å².